The van der Waals surface area contributed by atoms with Crippen LogP contribution in [0.15, 0.2) is 115 Å². The highest BCUT2D eigenvalue weighted by Gasteiger charge is 2.25. The molecule has 0 aromatic heterocycles. The number of para-hydroxylation sites is 3. The normalized spacial score (nSPS) is 10.7. The SMILES string of the molecule is COc1ccccc1C(=O)Oc1cccc2cc3cccc(OC(=O)c4ccccc4OC)c3c(OC(=O)c3ccccc3OC)c12. The second-order valence-electron chi connectivity index (χ2n) is 10.2. The van der Waals surface area contributed by atoms with Gasteiger partial charge in [-0.05, 0) is 65.4 Å². The molecule has 0 aliphatic heterocycles. The Morgan fingerprint density at radius 2 is 0.745 bits per heavy atom. The zero-order chi connectivity index (χ0) is 32.9. The average molecular weight is 629 g/mol. The van der Waals surface area contributed by atoms with Crippen molar-refractivity contribution in [2.75, 3.05) is 21.3 Å². The summed E-state index contributed by atoms with van der Waals surface area (Å²) in [5.74, 6) is -0.933. The zero-order valence-electron chi connectivity index (χ0n) is 25.6. The maximum absolute atomic E-state index is 13.8. The van der Waals surface area contributed by atoms with Crippen LogP contribution in [0.5, 0.6) is 34.5 Å². The largest absolute Gasteiger partial charge is 0.496 e. The van der Waals surface area contributed by atoms with Crippen molar-refractivity contribution in [3.8, 4) is 34.5 Å². The van der Waals surface area contributed by atoms with E-state index in [1.54, 1.807) is 109 Å². The molecule has 0 aliphatic carbocycles. The van der Waals surface area contributed by atoms with Crippen LogP contribution >= 0.6 is 0 Å². The number of methoxy groups -OCH3 is 3. The van der Waals surface area contributed by atoms with Crippen molar-refractivity contribution in [2.45, 2.75) is 0 Å². The van der Waals surface area contributed by atoms with Gasteiger partial charge >= 0.3 is 17.9 Å². The van der Waals surface area contributed by atoms with Gasteiger partial charge in [-0.25, -0.2) is 14.4 Å². The molecule has 6 aromatic carbocycles. The Morgan fingerprint density at radius 1 is 0.404 bits per heavy atom. The Kier molecular flexibility index (Phi) is 8.70. The molecule has 0 radical (unpaired) electrons. The first-order valence-corrected chi connectivity index (χ1v) is 14.5. The van der Waals surface area contributed by atoms with Gasteiger partial charge in [0, 0.05) is 0 Å². The molecule has 9 nitrogen and oxygen atoms in total. The highest BCUT2D eigenvalue weighted by molar-refractivity contribution is 6.13. The summed E-state index contributed by atoms with van der Waals surface area (Å²) < 4.78 is 34.2. The second kappa shape index (κ2) is 13.3. The molecule has 47 heavy (non-hydrogen) atoms. The summed E-state index contributed by atoms with van der Waals surface area (Å²) in [6, 6.07) is 32.0. The zero-order valence-corrected chi connectivity index (χ0v) is 25.6. The summed E-state index contributed by atoms with van der Waals surface area (Å²) in [5.41, 5.74) is 0.561. The van der Waals surface area contributed by atoms with Crippen molar-refractivity contribution in [1.82, 2.24) is 0 Å². The molecule has 0 atom stereocenters. The van der Waals surface area contributed by atoms with E-state index in [0.717, 1.165) is 0 Å². The fourth-order valence-electron chi connectivity index (χ4n) is 5.28. The Bertz CT molecular complexity index is 2030. The van der Waals surface area contributed by atoms with Crippen molar-refractivity contribution in [3.63, 3.8) is 0 Å². The molecule has 0 heterocycles. The fraction of sp³-hybridized carbons (Fsp3) is 0.0789. The van der Waals surface area contributed by atoms with Gasteiger partial charge in [-0.3, -0.25) is 0 Å². The smallest absolute Gasteiger partial charge is 0.347 e. The van der Waals surface area contributed by atoms with Crippen molar-refractivity contribution in [2.24, 2.45) is 0 Å². The summed E-state index contributed by atoms with van der Waals surface area (Å²) >= 11 is 0. The lowest BCUT2D eigenvalue weighted by molar-refractivity contribution is 0.0724. The predicted molar refractivity (Wildman–Crippen MR) is 175 cm³/mol. The molecular formula is C38H28O9. The summed E-state index contributed by atoms with van der Waals surface area (Å²) in [6.07, 6.45) is 0. The molecule has 6 rings (SSSR count). The standard InChI is InChI=1S/C38H28O9/c1-42-28-17-7-4-14-25(28)36(39)45-31-20-10-12-23-22-24-13-11-21-32(46-37(40)26-15-5-8-18-29(26)43-2)34(24)35(33(23)31)47-38(41)27-16-6-9-19-30(27)44-3/h4-22H,1-3H3. The lowest BCUT2D eigenvalue weighted by atomic mass is 10.0. The minimum atomic E-state index is -0.743. The maximum Gasteiger partial charge on any atom is 0.347 e. The lowest BCUT2D eigenvalue weighted by Crippen LogP contribution is -2.13. The molecule has 0 aliphatic rings. The van der Waals surface area contributed by atoms with Gasteiger partial charge in [0.15, 0.2) is 5.75 Å². The van der Waals surface area contributed by atoms with Crippen molar-refractivity contribution in [1.29, 1.82) is 0 Å². The molecule has 9 heteroatoms. The van der Waals surface area contributed by atoms with E-state index in [-0.39, 0.29) is 33.9 Å². The van der Waals surface area contributed by atoms with E-state index in [1.807, 2.05) is 6.07 Å². The van der Waals surface area contributed by atoms with Crippen LogP contribution in [-0.2, 0) is 0 Å². The van der Waals surface area contributed by atoms with Crippen LogP contribution in [0.4, 0.5) is 0 Å². The van der Waals surface area contributed by atoms with Crippen LogP contribution in [0.2, 0.25) is 0 Å². The number of esters is 3. The van der Waals surface area contributed by atoms with E-state index in [2.05, 4.69) is 0 Å². The summed E-state index contributed by atoms with van der Waals surface area (Å²) in [6.45, 7) is 0. The van der Waals surface area contributed by atoms with Gasteiger partial charge in [0.1, 0.15) is 45.4 Å². The monoisotopic (exact) mass is 628 g/mol. The van der Waals surface area contributed by atoms with E-state index in [1.165, 1.54) is 21.3 Å². The van der Waals surface area contributed by atoms with Crippen LogP contribution in [-0.4, -0.2) is 39.2 Å². The Hall–Kier alpha value is -6.35. The predicted octanol–water partition coefficient (Wildman–Crippen LogP) is 7.68. The number of carbonyl (C=O) groups excluding carboxylic acids is 3. The van der Waals surface area contributed by atoms with Crippen LogP contribution in [0, 0.1) is 0 Å². The number of hydrogen-bond donors (Lipinski definition) is 0. The number of hydrogen-bond acceptors (Lipinski definition) is 9. The van der Waals surface area contributed by atoms with Crippen LogP contribution in [0.1, 0.15) is 31.1 Å². The van der Waals surface area contributed by atoms with Gasteiger partial charge in [-0.1, -0.05) is 60.7 Å². The third-order valence-electron chi connectivity index (χ3n) is 7.46. The Balaban J connectivity index is 1.55. The summed E-state index contributed by atoms with van der Waals surface area (Å²) in [5, 5.41) is 1.79. The number of rotatable bonds is 9. The molecule has 0 fully saturated rings. The van der Waals surface area contributed by atoms with E-state index in [4.69, 9.17) is 28.4 Å². The van der Waals surface area contributed by atoms with E-state index >= 15 is 0 Å². The molecule has 234 valence electrons. The fourth-order valence-corrected chi connectivity index (χ4v) is 5.28. The third kappa shape index (κ3) is 6.02. The van der Waals surface area contributed by atoms with Crippen LogP contribution in [0.25, 0.3) is 21.5 Å². The molecule has 6 aromatic rings. The van der Waals surface area contributed by atoms with Crippen molar-refractivity contribution in [3.05, 3.63) is 132 Å². The molecule has 0 unspecified atom stereocenters. The molecular weight excluding hydrogens is 600 g/mol. The lowest BCUT2D eigenvalue weighted by Gasteiger charge is -2.18. The maximum atomic E-state index is 13.8. The Labute approximate surface area is 269 Å². The molecule has 0 bridgehead atoms. The minimum Gasteiger partial charge on any atom is -0.496 e. The van der Waals surface area contributed by atoms with Crippen LogP contribution < -0.4 is 28.4 Å². The average Bonchev–Trinajstić information content (AvgIpc) is 3.11. The first-order chi connectivity index (χ1) is 22.9. The van der Waals surface area contributed by atoms with Gasteiger partial charge in [0.2, 0.25) is 0 Å². The van der Waals surface area contributed by atoms with Gasteiger partial charge in [0.05, 0.1) is 32.1 Å². The first-order valence-electron chi connectivity index (χ1n) is 14.5. The van der Waals surface area contributed by atoms with Gasteiger partial charge in [0.25, 0.3) is 0 Å². The molecule has 0 N–H and O–H groups in total. The third-order valence-corrected chi connectivity index (χ3v) is 7.46. The van der Waals surface area contributed by atoms with Crippen LogP contribution in [0.3, 0.4) is 0 Å². The highest BCUT2D eigenvalue weighted by atomic mass is 16.6. The molecule has 0 saturated carbocycles. The van der Waals surface area contributed by atoms with E-state index in [9.17, 15) is 14.4 Å². The first kappa shape index (κ1) is 30.7. The van der Waals surface area contributed by atoms with E-state index in [0.29, 0.717) is 38.8 Å². The number of carbonyl (C=O) groups is 3. The summed E-state index contributed by atoms with van der Waals surface area (Å²) in [7, 11) is 4.36. The highest BCUT2D eigenvalue weighted by Crippen LogP contribution is 2.45. The van der Waals surface area contributed by atoms with Crippen molar-refractivity contribution < 1.29 is 42.8 Å². The molecule has 0 saturated heterocycles. The number of ether oxygens (including phenoxy) is 6. The quantitative estimate of drug-likeness (QED) is 0.0905. The second-order valence-corrected chi connectivity index (χ2v) is 10.2. The van der Waals surface area contributed by atoms with Gasteiger partial charge in [-0.2, -0.15) is 0 Å². The molecule has 0 amide bonds. The number of benzene rings is 6. The summed E-state index contributed by atoms with van der Waals surface area (Å²) in [4.78, 5) is 40.7. The topological polar surface area (TPSA) is 107 Å². The number of fused-ring (bicyclic) bond motifs is 2. The van der Waals surface area contributed by atoms with E-state index < -0.39 is 17.9 Å². The molecule has 0 spiro atoms. The van der Waals surface area contributed by atoms with Crippen molar-refractivity contribution >= 4 is 39.5 Å². The minimum absolute atomic E-state index is 0.0141. The van der Waals surface area contributed by atoms with Gasteiger partial charge < -0.3 is 28.4 Å². The van der Waals surface area contributed by atoms with Gasteiger partial charge in [-0.15, -0.1) is 0 Å². The Morgan fingerprint density at radius 3 is 1.13 bits per heavy atom.